The minimum absolute atomic E-state index is 0.0773. The normalized spacial score (nSPS) is 15.9. The van der Waals surface area contributed by atoms with E-state index < -0.39 is 10.0 Å². The monoisotopic (exact) mass is 409 g/mol. The maximum atomic E-state index is 12.8. The van der Waals surface area contributed by atoms with E-state index in [2.05, 4.69) is 32.8 Å². The van der Waals surface area contributed by atoms with Crippen molar-refractivity contribution in [3.63, 3.8) is 0 Å². The zero-order valence-corrected chi connectivity index (χ0v) is 15.9. The van der Waals surface area contributed by atoms with Crippen molar-refractivity contribution in [3.8, 4) is 5.75 Å². The Bertz CT molecular complexity index is 817. The summed E-state index contributed by atoms with van der Waals surface area (Å²) in [5, 5.41) is 0. The van der Waals surface area contributed by atoms with Crippen molar-refractivity contribution < 1.29 is 13.2 Å². The van der Waals surface area contributed by atoms with Crippen molar-refractivity contribution in [2.24, 2.45) is 0 Å². The number of hydrogen-bond donors (Lipinski definition) is 1. The van der Waals surface area contributed by atoms with Crippen LogP contribution in [0.4, 0.5) is 0 Å². The summed E-state index contributed by atoms with van der Waals surface area (Å²) in [7, 11) is -3.64. The smallest absolute Gasteiger partial charge is 0.244 e. The first kappa shape index (κ1) is 17.5. The molecule has 1 saturated carbocycles. The molecule has 0 radical (unpaired) electrons. The summed E-state index contributed by atoms with van der Waals surface area (Å²) < 4.78 is 34.5. The van der Waals surface area contributed by atoms with Gasteiger partial charge in [0.1, 0.15) is 10.6 Å². The van der Waals surface area contributed by atoms with E-state index in [-0.39, 0.29) is 10.3 Å². The van der Waals surface area contributed by atoms with Gasteiger partial charge < -0.3 is 4.74 Å². The van der Waals surface area contributed by atoms with Crippen molar-refractivity contribution in [2.75, 3.05) is 13.2 Å². The van der Waals surface area contributed by atoms with Crippen LogP contribution in [0.15, 0.2) is 57.9 Å². The van der Waals surface area contributed by atoms with Gasteiger partial charge in [0.05, 0.1) is 6.61 Å². The van der Waals surface area contributed by atoms with Gasteiger partial charge in [-0.25, -0.2) is 13.1 Å². The van der Waals surface area contributed by atoms with Gasteiger partial charge in [0.2, 0.25) is 10.0 Å². The van der Waals surface area contributed by atoms with Gasteiger partial charge in [-0.05, 0) is 43.5 Å². The highest BCUT2D eigenvalue weighted by atomic mass is 79.9. The number of rotatable bonds is 7. The van der Waals surface area contributed by atoms with Gasteiger partial charge in [-0.3, -0.25) is 0 Å². The topological polar surface area (TPSA) is 55.4 Å². The molecule has 1 aliphatic rings. The van der Waals surface area contributed by atoms with Gasteiger partial charge >= 0.3 is 0 Å². The third kappa shape index (κ3) is 3.66. The molecule has 1 fully saturated rings. The number of hydrogen-bond acceptors (Lipinski definition) is 3. The Labute approximate surface area is 151 Å². The standard InChI is InChI=1S/C18H20BrNO3S/c1-2-23-16-9-8-15(19)12-17(16)24(21,22)20-13-18(10-11-18)14-6-4-3-5-7-14/h3-9,12,20H,2,10-11,13H2,1H3. The lowest BCUT2D eigenvalue weighted by atomic mass is 9.96. The van der Waals surface area contributed by atoms with Crippen LogP contribution >= 0.6 is 15.9 Å². The van der Waals surface area contributed by atoms with E-state index in [9.17, 15) is 8.42 Å². The molecular formula is C18H20BrNO3S. The van der Waals surface area contributed by atoms with Crippen molar-refractivity contribution in [3.05, 3.63) is 58.6 Å². The van der Waals surface area contributed by atoms with E-state index in [1.807, 2.05) is 25.1 Å². The number of sulfonamides is 1. The van der Waals surface area contributed by atoms with Crippen molar-refractivity contribution in [1.82, 2.24) is 4.72 Å². The van der Waals surface area contributed by atoms with Crippen LogP contribution < -0.4 is 9.46 Å². The van der Waals surface area contributed by atoms with E-state index in [1.54, 1.807) is 18.2 Å². The Morgan fingerprint density at radius 3 is 2.50 bits per heavy atom. The molecule has 0 saturated heterocycles. The molecule has 2 aromatic rings. The van der Waals surface area contributed by atoms with Crippen LogP contribution in [-0.2, 0) is 15.4 Å². The number of benzene rings is 2. The molecule has 0 bridgehead atoms. The molecule has 3 rings (SSSR count). The summed E-state index contributed by atoms with van der Waals surface area (Å²) >= 11 is 3.33. The Balaban J connectivity index is 1.81. The van der Waals surface area contributed by atoms with Crippen LogP contribution in [0.25, 0.3) is 0 Å². The molecule has 6 heteroatoms. The first-order valence-corrected chi connectivity index (χ1v) is 10.2. The zero-order chi connectivity index (χ0) is 17.2. The Hall–Kier alpha value is -1.37. The minimum Gasteiger partial charge on any atom is -0.492 e. The second-order valence-electron chi connectivity index (χ2n) is 5.99. The lowest BCUT2D eigenvalue weighted by Gasteiger charge is -2.18. The molecular weight excluding hydrogens is 390 g/mol. The highest BCUT2D eigenvalue weighted by Crippen LogP contribution is 2.47. The Morgan fingerprint density at radius 1 is 1.17 bits per heavy atom. The van der Waals surface area contributed by atoms with Crippen molar-refractivity contribution >= 4 is 26.0 Å². The molecule has 0 atom stereocenters. The average molecular weight is 410 g/mol. The summed E-state index contributed by atoms with van der Waals surface area (Å²) in [6, 6.07) is 15.1. The van der Waals surface area contributed by atoms with Crippen LogP contribution in [0.2, 0.25) is 0 Å². The second kappa shape index (κ2) is 6.86. The maximum Gasteiger partial charge on any atom is 0.244 e. The second-order valence-corrected chi connectivity index (χ2v) is 8.65. The molecule has 0 amide bonds. The van der Waals surface area contributed by atoms with Gasteiger partial charge in [-0.2, -0.15) is 0 Å². The van der Waals surface area contributed by atoms with Crippen LogP contribution in [0.3, 0.4) is 0 Å². The zero-order valence-electron chi connectivity index (χ0n) is 13.5. The van der Waals surface area contributed by atoms with Crippen LogP contribution in [0, 0.1) is 0 Å². The molecule has 0 aromatic heterocycles. The Kier molecular flexibility index (Phi) is 4.99. The third-order valence-electron chi connectivity index (χ3n) is 4.34. The van der Waals surface area contributed by atoms with Gasteiger partial charge in [0.25, 0.3) is 0 Å². The predicted molar refractivity (Wildman–Crippen MR) is 97.9 cm³/mol. The number of ether oxygens (including phenoxy) is 1. The molecule has 128 valence electrons. The van der Waals surface area contributed by atoms with Crippen LogP contribution in [0.1, 0.15) is 25.3 Å². The van der Waals surface area contributed by atoms with E-state index in [1.165, 1.54) is 5.56 Å². The fourth-order valence-corrected chi connectivity index (χ4v) is 4.60. The molecule has 4 nitrogen and oxygen atoms in total. The van der Waals surface area contributed by atoms with Crippen molar-refractivity contribution in [2.45, 2.75) is 30.1 Å². The molecule has 0 unspecified atom stereocenters. The SMILES string of the molecule is CCOc1ccc(Br)cc1S(=O)(=O)NCC1(c2ccccc2)CC1. The molecule has 0 aliphatic heterocycles. The quantitative estimate of drug-likeness (QED) is 0.754. The lowest BCUT2D eigenvalue weighted by molar-refractivity contribution is 0.331. The minimum atomic E-state index is -3.64. The van der Waals surface area contributed by atoms with Gasteiger partial charge in [0.15, 0.2) is 0 Å². The first-order chi connectivity index (χ1) is 11.5. The first-order valence-electron chi connectivity index (χ1n) is 7.94. The Morgan fingerprint density at radius 2 is 1.88 bits per heavy atom. The summed E-state index contributed by atoms with van der Waals surface area (Å²) in [6.45, 7) is 2.65. The highest BCUT2D eigenvalue weighted by Gasteiger charge is 2.44. The summed E-state index contributed by atoms with van der Waals surface area (Å²) in [5.41, 5.74) is 1.11. The summed E-state index contributed by atoms with van der Waals surface area (Å²) in [4.78, 5) is 0.169. The molecule has 1 aliphatic carbocycles. The molecule has 0 spiro atoms. The molecule has 1 N–H and O–H groups in total. The summed E-state index contributed by atoms with van der Waals surface area (Å²) in [5.74, 6) is 0.373. The van der Waals surface area contributed by atoms with E-state index in [0.717, 1.165) is 12.8 Å². The van der Waals surface area contributed by atoms with Crippen molar-refractivity contribution in [1.29, 1.82) is 0 Å². The van der Waals surface area contributed by atoms with E-state index in [4.69, 9.17) is 4.74 Å². The largest absolute Gasteiger partial charge is 0.492 e. The fraction of sp³-hybridized carbons (Fsp3) is 0.333. The lowest BCUT2D eigenvalue weighted by Crippen LogP contribution is -2.32. The van der Waals surface area contributed by atoms with Crippen LogP contribution in [0.5, 0.6) is 5.75 Å². The fourth-order valence-electron chi connectivity index (χ4n) is 2.79. The van der Waals surface area contributed by atoms with E-state index >= 15 is 0 Å². The van der Waals surface area contributed by atoms with Gasteiger partial charge in [-0.15, -0.1) is 0 Å². The third-order valence-corrected chi connectivity index (χ3v) is 6.25. The highest BCUT2D eigenvalue weighted by molar-refractivity contribution is 9.10. The van der Waals surface area contributed by atoms with E-state index in [0.29, 0.717) is 23.4 Å². The summed E-state index contributed by atoms with van der Waals surface area (Å²) in [6.07, 6.45) is 1.99. The average Bonchev–Trinajstić information content (AvgIpc) is 3.37. The number of halogens is 1. The number of nitrogens with one attached hydrogen (secondary N) is 1. The van der Waals surface area contributed by atoms with Crippen LogP contribution in [-0.4, -0.2) is 21.6 Å². The predicted octanol–water partition coefficient (Wildman–Crippen LogP) is 3.86. The maximum absolute atomic E-state index is 12.8. The molecule has 2 aromatic carbocycles. The van der Waals surface area contributed by atoms with Gasteiger partial charge in [-0.1, -0.05) is 46.3 Å². The molecule has 0 heterocycles. The molecule has 24 heavy (non-hydrogen) atoms. The van der Waals surface area contributed by atoms with Gasteiger partial charge in [0, 0.05) is 16.4 Å².